The molecule has 0 aliphatic carbocycles. The number of benzene rings is 2. The first-order valence-electron chi connectivity index (χ1n) is 11.0. The van der Waals surface area contributed by atoms with E-state index in [1.807, 2.05) is 88.4 Å². The highest BCUT2D eigenvalue weighted by atomic mass is 31.2. The molecule has 0 spiro atoms. The van der Waals surface area contributed by atoms with Crippen molar-refractivity contribution < 1.29 is 9.36 Å². The number of carbonyl (C=O) groups excluding carboxylic acids is 1. The van der Waals surface area contributed by atoms with Gasteiger partial charge in [0.1, 0.15) is 18.8 Å². The van der Waals surface area contributed by atoms with Crippen LogP contribution in [0.1, 0.15) is 31.9 Å². The van der Waals surface area contributed by atoms with Crippen LogP contribution in [0.2, 0.25) is 0 Å². The highest BCUT2D eigenvalue weighted by molar-refractivity contribution is 7.70. The van der Waals surface area contributed by atoms with Crippen LogP contribution in [0.25, 0.3) is 5.57 Å². The summed E-state index contributed by atoms with van der Waals surface area (Å²) in [6, 6.07) is 15.2. The summed E-state index contributed by atoms with van der Waals surface area (Å²) in [6.45, 7) is 15.4. The van der Waals surface area contributed by atoms with E-state index >= 15 is 0 Å². The number of nitrogens with one attached hydrogen (secondary N) is 1. The van der Waals surface area contributed by atoms with E-state index in [1.165, 1.54) is 0 Å². The van der Waals surface area contributed by atoms with E-state index in [9.17, 15) is 9.36 Å². The molecule has 0 fully saturated rings. The number of anilines is 1. The number of nitrogens with zero attached hydrogens (tertiary/aromatic N) is 2. The lowest BCUT2D eigenvalue weighted by Crippen LogP contribution is -2.38. The predicted octanol–water partition coefficient (Wildman–Crippen LogP) is 6.05. The zero-order valence-electron chi connectivity index (χ0n) is 20.6. The van der Waals surface area contributed by atoms with Gasteiger partial charge in [0.05, 0.1) is 0 Å². The third-order valence-electron chi connectivity index (χ3n) is 5.18. The molecule has 174 valence electrons. The summed E-state index contributed by atoms with van der Waals surface area (Å²) in [6.07, 6.45) is 3.81. The lowest BCUT2D eigenvalue weighted by Gasteiger charge is -2.27. The number of carbonyl (C=O) groups is 1. The fourth-order valence-electron chi connectivity index (χ4n) is 3.40. The average Bonchev–Trinajstić information content (AvgIpc) is 2.79. The van der Waals surface area contributed by atoms with Gasteiger partial charge in [-0.25, -0.2) is 4.99 Å². The van der Waals surface area contributed by atoms with Crippen LogP contribution in [0, 0.1) is 6.92 Å². The molecule has 5 nitrogen and oxygen atoms in total. The number of hydrogen-bond acceptors (Lipinski definition) is 4. The Bertz CT molecular complexity index is 1170. The van der Waals surface area contributed by atoms with E-state index in [1.54, 1.807) is 25.3 Å². The van der Waals surface area contributed by atoms with Crippen molar-refractivity contribution >= 4 is 35.4 Å². The Hall–Kier alpha value is -3.17. The molecular weight excluding hydrogens is 429 g/mol. The summed E-state index contributed by atoms with van der Waals surface area (Å²) in [7, 11) is -0.579. The van der Waals surface area contributed by atoms with Gasteiger partial charge in [0, 0.05) is 29.2 Å². The first-order chi connectivity index (χ1) is 15.6. The van der Waals surface area contributed by atoms with E-state index in [0.29, 0.717) is 17.2 Å². The molecule has 1 heterocycles. The maximum absolute atomic E-state index is 13.1. The summed E-state index contributed by atoms with van der Waals surface area (Å²) in [5.74, 6) is 0.827. The standard InChI is InChI=1S/C25H28N3O2P.C2H6/c1-7-19-16-23(22-11-9-8-10-17(22)2)25(29)28(4)24(19)27-18(3)26-20-12-14-21(15-13-20)31(5,6)30;1-2/h7-16,26H,3H2,1-2,4-6H3;1-2H3/b19-7-,27-24+;. The van der Waals surface area contributed by atoms with Gasteiger partial charge in [0.15, 0.2) is 0 Å². The second-order valence-electron chi connectivity index (χ2n) is 7.89. The van der Waals surface area contributed by atoms with Crippen molar-refractivity contribution in [2.45, 2.75) is 27.7 Å². The Labute approximate surface area is 198 Å². The van der Waals surface area contributed by atoms with Crippen molar-refractivity contribution in [3.05, 3.63) is 89.8 Å². The van der Waals surface area contributed by atoms with Crippen LogP contribution in [0.4, 0.5) is 5.69 Å². The van der Waals surface area contributed by atoms with Crippen LogP contribution < -0.4 is 10.6 Å². The molecule has 2 aromatic carbocycles. The lowest BCUT2D eigenvalue weighted by molar-refractivity contribution is -0.120. The van der Waals surface area contributed by atoms with Gasteiger partial charge in [-0.15, -0.1) is 0 Å². The number of amides is 1. The molecule has 0 aromatic heterocycles. The van der Waals surface area contributed by atoms with Gasteiger partial charge in [0.2, 0.25) is 0 Å². The van der Waals surface area contributed by atoms with Crippen LogP contribution >= 0.6 is 7.14 Å². The number of aliphatic imine (C=N–C) groups is 1. The molecule has 3 rings (SSSR count). The molecule has 1 aliphatic rings. The highest BCUT2D eigenvalue weighted by Gasteiger charge is 2.28. The van der Waals surface area contributed by atoms with Gasteiger partial charge in [-0.3, -0.25) is 9.69 Å². The Morgan fingerprint density at radius 1 is 1.09 bits per heavy atom. The van der Waals surface area contributed by atoms with Crippen molar-refractivity contribution in [3.63, 3.8) is 0 Å². The van der Waals surface area contributed by atoms with E-state index in [0.717, 1.165) is 27.7 Å². The van der Waals surface area contributed by atoms with E-state index in [4.69, 9.17) is 0 Å². The van der Waals surface area contributed by atoms with E-state index < -0.39 is 7.14 Å². The molecule has 0 atom stereocenters. The molecule has 1 amide bonds. The van der Waals surface area contributed by atoms with Crippen LogP contribution in [-0.2, 0) is 9.36 Å². The minimum absolute atomic E-state index is 0.113. The fourth-order valence-corrected chi connectivity index (χ4v) is 4.27. The molecule has 0 bridgehead atoms. The van der Waals surface area contributed by atoms with Crippen molar-refractivity contribution in [3.8, 4) is 0 Å². The Kier molecular flexibility index (Phi) is 8.78. The van der Waals surface area contributed by atoms with Gasteiger partial charge in [-0.1, -0.05) is 50.8 Å². The van der Waals surface area contributed by atoms with Crippen molar-refractivity contribution in [2.24, 2.45) is 4.99 Å². The number of hydrogen-bond donors (Lipinski definition) is 1. The number of likely N-dealkylation sites (N-methyl/N-ethyl adjacent to an activating group) is 1. The van der Waals surface area contributed by atoms with Crippen LogP contribution in [-0.4, -0.2) is 37.0 Å². The Balaban J connectivity index is 0.00000187. The van der Waals surface area contributed by atoms with E-state index in [-0.39, 0.29) is 5.91 Å². The number of amidine groups is 1. The summed E-state index contributed by atoms with van der Waals surface area (Å²) >= 11 is 0. The van der Waals surface area contributed by atoms with Gasteiger partial charge < -0.3 is 9.88 Å². The van der Waals surface area contributed by atoms with Crippen molar-refractivity contribution in [1.29, 1.82) is 0 Å². The SMILES string of the molecule is C=C(/N=C1\C(=C/C)C=C(c2ccccc2C)C(=O)N1C)Nc1ccc(P(C)(C)=O)cc1.CC. The molecule has 0 saturated heterocycles. The summed E-state index contributed by atoms with van der Waals surface area (Å²) in [5.41, 5.74) is 4.24. The smallest absolute Gasteiger partial charge is 0.259 e. The molecule has 0 saturated carbocycles. The van der Waals surface area contributed by atoms with Gasteiger partial charge in [-0.2, -0.15) is 0 Å². The minimum atomic E-state index is -2.30. The van der Waals surface area contributed by atoms with Crippen LogP contribution in [0.15, 0.2) is 83.6 Å². The molecule has 1 N–H and O–H groups in total. The van der Waals surface area contributed by atoms with Gasteiger partial charge in [0.25, 0.3) is 5.91 Å². The maximum Gasteiger partial charge on any atom is 0.259 e. The second-order valence-corrected chi connectivity index (χ2v) is 11.1. The Morgan fingerprint density at radius 2 is 1.70 bits per heavy atom. The predicted molar refractivity (Wildman–Crippen MR) is 143 cm³/mol. The van der Waals surface area contributed by atoms with Crippen LogP contribution in [0.3, 0.4) is 0 Å². The molecule has 1 aliphatic heterocycles. The first-order valence-corrected chi connectivity index (χ1v) is 13.6. The zero-order chi connectivity index (χ0) is 24.8. The summed E-state index contributed by atoms with van der Waals surface area (Å²) < 4.78 is 12.2. The fraction of sp³-hybridized carbons (Fsp3) is 0.259. The number of rotatable bonds is 5. The zero-order valence-corrected chi connectivity index (χ0v) is 21.5. The maximum atomic E-state index is 13.1. The molecule has 2 aromatic rings. The lowest BCUT2D eigenvalue weighted by atomic mass is 9.94. The van der Waals surface area contributed by atoms with Gasteiger partial charge >= 0.3 is 0 Å². The average molecular weight is 464 g/mol. The largest absolute Gasteiger partial charge is 0.341 e. The third-order valence-corrected chi connectivity index (χ3v) is 6.72. The van der Waals surface area contributed by atoms with Crippen molar-refractivity contribution in [1.82, 2.24) is 4.90 Å². The molecular formula is C27H34N3O2P. The van der Waals surface area contributed by atoms with Crippen LogP contribution in [0.5, 0.6) is 0 Å². The Morgan fingerprint density at radius 3 is 2.24 bits per heavy atom. The number of allylic oxidation sites excluding steroid dienone is 1. The monoisotopic (exact) mass is 463 g/mol. The second kappa shape index (κ2) is 11.1. The molecule has 0 unspecified atom stereocenters. The number of aryl methyl sites for hydroxylation is 1. The van der Waals surface area contributed by atoms with E-state index in [2.05, 4.69) is 16.9 Å². The first kappa shape index (κ1) is 26.1. The summed E-state index contributed by atoms with van der Waals surface area (Å²) in [5, 5.41) is 3.96. The van der Waals surface area contributed by atoms with Crippen molar-refractivity contribution in [2.75, 3.05) is 25.7 Å². The van der Waals surface area contributed by atoms with Gasteiger partial charge in [-0.05, 0) is 68.6 Å². The summed E-state index contributed by atoms with van der Waals surface area (Å²) in [4.78, 5) is 19.2. The normalized spacial score (nSPS) is 16.3. The third kappa shape index (κ3) is 6.21. The topological polar surface area (TPSA) is 61.8 Å². The quantitative estimate of drug-likeness (QED) is 0.549. The minimum Gasteiger partial charge on any atom is -0.341 e. The molecule has 0 radical (unpaired) electrons. The highest BCUT2D eigenvalue weighted by Crippen LogP contribution is 2.34. The molecule has 33 heavy (non-hydrogen) atoms. The molecule has 6 heteroatoms.